The second-order valence-corrected chi connectivity index (χ2v) is 4.68. The van der Waals surface area contributed by atoms with E-state index in [-0.39, 0.29) is 0 Å². The van der Waals surface area contributed by atoms with E-state index in [1.807, 2.05) is 0 Å². The van der Waals surface area contributed by atoms with E-state index in [2.05, 4.69) is 39.9 Å². The molecule has 1 nitrogen and oxygen atoms in total. The Hall–Kier alpha value is -0.0400. The van der Waals surface area contributed by atoms with E-state index in [0.717, 1.165) is 6.04 Å². The summed E-state index contributed by atoms with van der Waals surface area (Å²) in [6, 6.07) is 0.771. The molecule has 0 amide bonds. The minimum Gasteiger partial charge on any atom is -0.305 e. The van der Waals surface area contributed by atoms with E-state index in [1.165, 1.54) is 12.8 Å². The van der Waals surface area contributed by atoms with Gasteiger partial charge < -0.3 is 5.32 Å². The molecule has 0 aromatic carbocycles. The quantitative estimate of drug-likeness (QED) is 0.608. The van der Waals surface area contributed by atoms with Gasteiger partial charge in [-0.05, 0) is 18.3 Å². The van der Waals surface area contributed by atoms with Crippen LogP contribution in [0.25, 0.3) is 0 Å². The summed E-state index contributed by atoms with van der Waals surface area (Å²) in [6.45, 7) is 11.5. The van der Waals surface area contributed by atoms with E-state index < -0.39 is 0 Å². The average molecular weight is 155 g/mol. The van der Waals surface area contributed by atoms with E-state index in [4.69, 9.17) is 0 Å². The Morgan fingerprint density at radius 2 is 1.82 bits per heavy atom. The molecule has 1 rings (SSSR count). The minimum atomic E-state index is 0.419. The topological polar surface area (TPSA) is 21.9 Å². The molecule has 1 fully saturated rings. The second kappa shape index (κ2) is 2.48. The van der Waals surface area contributed by atoms with Gasteiger partial charge in [-0.3, -0.25) is 0 Å². The first-order valence-corrected chi connectivity index (χ1v) is 4.75. The van der Waals surface area contributed by atoms with Gasteiger partial charge in [0.15, 0.2) is 0 Å². The van der Waals surface area contributed by atoms with Crippen LogP contribution in [0, 0.1) is 5.41 Å². The van der Waals surface area contributed by atoms with E-state index >= 15 is 0 Å². The van der Waals surface area contributed by atoms with Crippen molar-refractivity contribution in [1.29, 1.82) is 0 Å². The van der Waals surface area contributed by atoms with Gasteiger partial charge in [0.1, 0.15) is 0 Å². The van der Waals surface area contributed by atoms with Gasteiger partial charge >= 0.3 is 0 Å². The fourth-order valence-corrected chi connectivity index (χ4v) is 2.34. The number of nitrogens with one attached hydrogen (secondary N) is 1. The summed E-state index contributed by atoms with van der Waals surface area (Å²) in [5.41, 5.74) is 0.865. The lowest BCUT2D eigenvalue weighted by atomic mass is 9.75. The molecule has 0 aromatic heterocycles. The first-order chi connectivity index (χ1) is 4.98. The van der Waals surface area contributed by atoms with Gasteiger partial charge in [-0.1, -0.05) is 34.6 Å². The highest BCUT2D eigenvalue weighted by Gasteiger charge is 2.57. The molecule has 11 heavy (non-hydrogen) atoms. The summed E-state index contributed by atoms with van der Waals surface area (Å²) in [5.74, 6) is 0. The van der Waals surface area contributed by atoms with Crippen molar-refractivity contribution < 1.29 is 0 Å². The maximum Gasteiger partial charge on any atom is 0.0384 e. The predicted molar refractivity (Wildman–Crippen MR) is 49.7 cm³/mol. The maximum atomic E-state index is 3.62. The molecule has 66 valence electrons. The zero-order chi connectivity index (χ0) is 8.70. The van der Waals surface area contributed by atoms with Gasteiger partial charge in [-0.25, -0.2) is 0 Å². The lowest BCUT2D eigenvalue weighted by molar-refractivity contribution is 0.269. The molecule has 1 aliphatic heterocycles. The molecule has 1 aliphatic rings. The van der Waals surface area contributed by atoms with Gasteiger partial charge in [-0.15, -0.1) is 0 Å². The molecular formula is C10H21N. The summed E-state index contributed by atoms with van der Waals surface area (Å²) in [4.78, 5) is 0. The molecule has 1 heteroatoms. The normalized spacial score (nSPS) is 37.4. The van der Waals surface area contributed by atoms with Crippen LogP contribution in [-0.4, -0.2) is 11.6 Å². The van der Waals surface area contributed by atoms with Crippen molar-refractivity contribution in [2.75, 3.05) is 0 Å². The number of hydrogen-bond donors (Lipinski definition) is 1. The van der Waals surface area contributed by atoms with Crippen LogP contribution < -0.4 is 5.32 Å². The fourth-order valence-electron chi connectivity index (χ4n) is 2.34. The molecule has 0 aromatic rings. The molecule has 0 radical (unpaired) electrons. The van der Waals surface area contributed by atoms with E-state index in [9.17, 15) is 0 Å². The highest BCUT2D eigenvalue weighted by atomic mass is 15.2. The van der Waals surface area contributed by atoms with Crippen molar-refractivity contribution in [3.8, 4) is 0 Å². The summed E-state index contributed by atoms with van der Waals surface area (Å²) >= 11 is 0. The molecule has 0 bridgehead atoms. The van der Waals surface area contributed by atoms with E-state index in [1.54, 1.807) is 0 Å². The lowest BCUT2D eigenvalue weighted by Crippen LogP contribution is -2.33. The molecular weight excluding hydrogens is 134 g/mol. The Kier molecular flexibility index (Phi) is 2.04. The van der Waals surface area contributed by atoms with Crippen molar-refractivity contribution in [2.24, 2.45) is 5.41 Å². The molecule has 1 heterocycles. The van der Waals surface area contributed by atoms with Crippen molar-refractivity contribution in [3.63, 3.8) is 0 Å². The van der Waals surface area contributed by atoms with Crippen LogP contribution in [0.1, 0.15) is 47.5 Å². The van der Waals surface area contributed by atoms with Crippen LogP contribution >= 0.6 is 0 Å². The van der Waals surface area contributed by atoms with Crippen LogP contribution in [0.5, 0.6) is 0 Å². The minimum absolute atomic E-state index is 0.419. The van der Waals surface area contributed by atoms with Gasteiger partial charge in [-0.2, -0.15) is 0 Å². The Morgan fingerprint density at radius 1 is 1.27 bits per heavy atom. The molecule has 2 atom stereocenters. The Balaban J connectivity index is 2.67. The van der Waals surface area contributed by atoms with E-state index in [0.29, 0.717) is 11.0 Å². The molecule has 1 saturated heterocycles. The van der Waals surface area contributed by atoms with Gasteiger partial charge in [0.25, 0.3) is 0 Å². The summed E-state index contributed by atoms with van der Waals surface area (Å²) in [6.07, 6.45) is 2.53. The maximum absolute atomic E-state index is 3.62. The molecule has 0 saturated carbocycles. The van der Waals surface area contributed by atoms with Crippen LogP contribution in [0.15, 0.2) is 0 Å². The molecule has 0 aliphatic carbocycles. The first-order valence-electron chi connectivity index (χ1n) is 4.75. The smallest absolute Gasteiger partial charge is 0.0384 e. The van der Waals surface area contributed by atoms with Gasteiger partial charge in [0, 0.05) is 11.6 Å². The lowest BCUT2D eigenvalue weighted by Gasteiger charge is -2.29. The van der Waals surface area contributed by atoms with Gasteiger partial charge in [0.2, 0.25) is 0 Å². The van der Waals surface area contributed by atoms with Crippen LogP contribution in [-0.2, 0) is 0 Å². The summed E-state index contributed by atoms with van der Waals surface area (Å²) in [7, 11) is 0. The highest BCUT2D eigenvalue weighted by molar-refractivity contribution is 5.18. The fraction of sp³-hybridized carbons (Fsp3) is 1.00. The molecule has 2 unspecified atom stereocenters. The third kappa shape index (κ3) is 1.20. The van der Waals surface area contributed by atoms with Crippen molar-refractivity contribution in [1.82, 2.24) is 5.32 Å². The van der Waals surface area contributed by atoms with Crippen LogP contribution in [0.4, 0.5) is 0 Å². The molecule has 0 spiro atoms. The Bertz CT molecular complexity index is 145. The van der Waals surface area contributed by atoms with Crippen molar-refractivity contribution in [3.05, 3.63) is 0 Å². The average Bonchev–Trinajstić information content (AvgIpc) is 2.60. The monoisotopic (exact) mass is 155 g/mol. The second-order valence-electron chi connectivity index (χ2n) is 4.68. The van der Waals surface area contributed by atoms with Gasteiger partial charge in [0.05, 0.1) is 0 Å². The summed E-state index contributed by atoms with van der Waals surface area (Å²) < 4.78 is 0. The molecule has 1 N–H and O–H groups in total. The van der Waals surface area contributed by atoms with Crippen molar-refractivity contribution >= 4 is 0 Å². The first kappa shape index (κ1) is 9.05. The zero-order valence-corrected chi connectivity index (χ0v) is 8.49. The third-order valence-corrected chi connectivity index (χ3v) is 3.25. The Morgan fingerprint density at radius 3 is 1.91 bits per heavy atom. The Labute approximate surface area is 70.6 Å². The summed E-state index contributed by atoms with van der Waals surface area (Å²) in [5, 5.41) is 3.62. The largest absolute Gasteiger partial charge is 0.305 e. The standard InChI is InChI=1S/C10H21N/c1-6-8-10(7-2,11-8)9(3,4)5/h8,11H,6-7H2,1-5H3. The number of rotatable bonds is 2. The van der Waals surface area contributed by atoms with Crippen LogP contribution in [0.2, 0.25) is 0 Å². The third-order valence-electron chi connectivity index (χ3n) is 3.25. The zero-order valence-electron chi connectivity index (χ0n) is 8.49. The number of hydrogen-bond acceptors (Lipinski definition) is 1. The highest BCUT2D eigenvalue weighted by Crippen LogP contribution is 2.46. The predicted octanol–water partition coefficient (Wildman–Crippen LogP) is 2.56. The van der Waals surface area contributed by atoms with Crippen LogP contribution in [0.3, 0.4) is 0 Å². The SMILES string of the molecule is CCC1NC1(CC)C(C)(C)C. The van der Waals surface area contributed by atoms with Crippen molar-refractivity contribution in [2.45, 2.75) is 59.0 Å².